The van der Waals surface area contributed by atoms with Crippen molar-refractivity contribution >= 4 is 35.1 Å². The van der Waals surface area contributed by atoms with Crippen molar-refractivity contribution in [1.29, 1.82) is 0 Å². The molecule has 5 N–H and O–H groups in total. The molecule has 1 aromatic heterocycles. The number of pyridine rings is 1. The van der Waals surface area contributed by atoms with Gasteiger partial charge in [-0.25, -0.2) is 0 Å². The van der Waals surface area contributed by atoms with Crippen LogP contribution in [0.15, 0.2) is 48.8 Å². The molecule has 3 aliphatic rings. The number of nitrogens with one attached hydrogen (secondary N) is 2. The molecule has 1 aliphatic heterocycles. The highest BCUT2D eigenvalue weighted by atomic mass is 16.7. The van der Waals surface area contributed by atoms with E-state index in [1.54, 1.807) is 32.9 Å². The van der Waals surface area contributed by atoms with Gasteiger partial charge in [0, 0.05) is 78.0 Å². The third-order valence-electron chi connectivity index (χ3n) is 11.5. The van der Waals surface area contributed by atoms with E-state index in [2.05, 4.69) is 15.6 Å². The Balaban J connectivity index is 1.24. The average molecular weight is 785 g/mol. The highest BCUT2D eigenvalue weighted by Gasteiger charge is 2.49. The van der Waals surface area contributed by atoms with Crippen LogP contribution >= 0.6 is 0 Å². The third-order valence-corrected chi connectivity index (χ3v) is 11.5. The summed E-state index contributed by atoms with van der Waals surface area (Å²) >= 11 is 0. The van der Waals surface area contributed by atoms with Crippen molar-refractivity contribution in [3.63, 3.8) is 0 Å². The van der Waals surface area contributed by atoms with E-state index in [4.69, 9.17) is 9.47 Å². The fraction of sp³-hybridized carbons (Fsp3) is 0.452. The minimum absolute atomic E-state index is 0.0423. The van der Waals surface area contributed by atoms with Gasteiger partial charge in [-0.05, 0) is 46.2 Å². The second-order valence-electron chi connectivity index (χ2n) is 15.3. The summed E-state index contributed by atoms with van der Waals surface area (Å²) in [6.45, 7) is 10.1. The molecule has 1 fully saturated rings. The van der Waals surface area contributed by atoms with Crippen LogP contribution in [0, 0.1) is 5.92 Å². The van der Waals surface area contributed by atoms with Crippen molar-refractivity contribution in [2.45, 2.75) is 109 Å². The van der Waals surface area contributed by atoms with E-state index in [-0.39, 0.29) is 47.6 Å². The lowest BCUT2D eigenvalue weighted by atomic mass is 9.72. The van der Waals surface area contributed by atoms with Crippen molar-refractivity contribution in [2.75, 3.05) is 6.54 Å². The van der Waals surface area contributed by atoms with Crippen LogP contribution in [0.5, 0.6) is 11.5 Å². The van der Waals surface area contributed by atoms with Crippen LogP contribution in [-0.4, -0.2) is 103 Å². The number of phenols is 2. The number of rotatable bonds is 11. The van der Waals surface area contributed by atoms with Gasteiger partial charge in [-0.3, -0.25) is 33.8 Å². The first-order chi connectivity index (χ1) is 27.0. The minimum atomic E-state index is -2.07. The van der Waals surface area contributed by atoms with Crippen LogP contribution in [0.1, 0.15) is 120 Å². The number of amides is 3. The molecule has 6 rings (SSSR count). The summed E-state index contributed by atoms with van der Waals surface area (Å²) in [6, 6.07) is 6.65. The van der Waals surface area contributed by atoms with Gasteiger partial charge < -0.3 is 40.3 Å². The van der Waals surface area contributed by atoms with E-state index in [1.165, 1.54) is 48.5 Å². The molecule has 57 heavy (non-hydrogen) atoms. The molecule has 2 heterocycles. The Hall–Kier alpha value is -5.51. The van der Waals surface area contributed by atoms with Gasteiger partial charge >= 0.3 is 0 Å². The summed E-state index contributed by atoms with van der Waals surface area (Å²) in [5.41, 5.74) is -2.63. The minimum Gasteiger partial charge on any atom is -0.507 e. The zero-order chi connectivity index (χ0) is 41.5. The number of aromatic hydroxyl groups is 2. The number of phenolic OH excluding ortho intramolecular Hbond substituents is 2. The Kier molecular flexibility index (Phi) is 11.7. The summed E-state index contributed by atoms with van der Waals surface area (Å²) < 4.78 is 12.6. The Morgan fingerprint density at radius 3 is 2.21 bits per heavy atom. The van der Waals surface area contributed by atoms with E-state index >= 15 is 0 Å². The van der Waals surface area contributed by atoms with Gasteiger partial charge in [0.05, 0.1) is 23.3 Å². The molecule has 3 aromatic rings. The number of hydrogen-bond donors (Lipinski definition) is 5. The number of ether oxygens (including phenoxy) is 2. The SMILES string of the molecule is CCCN(C(=O)[C@@H](C)NC(=O)c1ccncc1)[C@@H](C)C(=O)N[C@H]1C[C@H](O[C@H]2C[C@](O)(C(C)=O)Cc3c(O)c4c(c(O)c32)C(=O)c2ccccc2C4=O)O[C@@H](C)[C@H]1C. The second-order valence-corrected chi connectivity index (χ2v) is 15.3. The number of carbonyl (C=O) groups excluding carboxylic acids is 6. The zero-order valence-corrected chi connectivity index (χ0v) is 32.7. The first-order valence-electron chi connectivity index (χ1n) is 19.1. The van der Waals surface area contributed by atoms with Crippen LogP contribution in [0.3, 0.4) is 0 Å². The lowest BCUT2D eigenvalue weighted by Crippen LogP contribution is -2.58. The summed E-state index contributed by atoms with van der Waals surface area (Å²) in [6.07, 6.45) is -0.175. The lowest BCUT2D eigenvalue weighted by Gasteiger charge is -2.43. The smallest absolute Gasteiger partial charge is 0.252 e. The van der Waals surface area contributed by atoms with Crippen LogP contribution in [0.2, 0.25) is 0 Å². The van der Waals surface area contributed by atoms with Crippen molar-refractivity contribution in [1.82, 2.24) is 20.5 Å². The Bertz CT molecular complexity index is 2120. The average Bonchev–Trinajstić information content (AvgIpc) is 3.18. The van der Waals surface area contributed by atoms with E-state index in [0.29, 0.717) is 12.0 Å². The van der Waals surface area contributed by atoms with E-state index < -0.39 is 106 Å². The van der Waals surface area contributed by atoms with Gasteiger partial charge in [-0.2, -0.15) is 0 Å². The number of nitrogens with zero attached hydrogens (tertiary/aromatic N) is 2. The maximum Gasteiger partial charge on any atom is 0.252 e. The zero-order valence-electron chi connectivity index (χ0n) is 32.7. The van der Waals surface area contributed by atoms with Crippen molar-refractivity contribution < 1.29 is 53.6 Å². The highest BCUT2D eigenvalue weighted by Crippen LogP contribution is 2.52. The molecule has 0 saturated carbocycles. The van der Waals surface area contributed by atoms with E-state index in [9.17, 15) is 44.1 Å². The van der Waals surface area contributed by atoms with Gasteiger partial charge in [0.2, 0.25) is 11.8 Å². The Labute approximate surface area is 329 Å². The van der Waals surface area contributed by atoms with Gasteiger partial charge in [0.1, 0.15) is 29.2 Å². The molecule has 15 nitrogen and oxygen atoms in total. The first kappa shape index (κ1) is 41.1. The molecule has 0 unspecified atom stereocenters. The highest BCUT2D eigenvalue weighted by molar-refractivity contribution is 6.30. The molecule has 302 valence electrons. The number of Topliss-reactive ketones (excluding diaryl/α,β-unsaturated/α-hetero) is 1. The molecule has 3 amide bonds. The maximum atomic E-state index is 13.9. The Morgan fingerprint density at radius 2 is 1.61 bits per heavy atom. The fourth-order valence-corrected chi connectivity index (χ4v) is 7.97. The molecule has 0 bridgehead atoms. The number of aliphatic hydroxyl groups is 1. The quantitative estimate of drug-likeness (QED) is 0.138. The van der Waals surface area contributed by atoms with Crippen LogP contribution in [0.4, 0.5) is 0 Å². The molecule has 15 heteroatoms. The normalized spacial score (nSPS) is 24.9. The molecule has 8 atom stereocenters. The topological polar surface area (TPSA) is 222 Å². The van der Waals surface area contributed by atoms with Gasteiger partial charge in [0.25, 0.3) is 5.91 Å². The predicted molar refractivity (Wildman–Crippen MR) is 204 cm³/mol. The standard InChI is InChI=1S/C42H48N4O11/c1-7-16-46(41(54)21(3)44-40(53)25-12-14-43-15-13-25)22(4)39(52)45-29-17-31(56-23(5)20(29)2)57-30-19-42(55,24(6)47)18-28-32(30)38(51)34-33(37(28)50)35(48)26-10-8-9-11-27(26)36(34)49/h8-15,20-23,29-31,50-51,55H,7,16-19H2,1-6H3,(H,44,53)(H,45,52)/t20-,21-,22+,23+,29+,30+,31+,42+/m1/s1. The van der Waals surface area contributed by atoms with Crippen LogP contribution in [0.25, 0.3) is 0 Å². The van der Waals surface area contributed by atoms with E-state index in [0.717, 1.165) is 0 Å². The monoisotopic (exact) mass is 784 g/mol. The Morgan fingerprint density at radius 1 is 1.00 bits per heavy atom. The first-order valence-corrected chi connectivity index (χ1v) is 19.1. The number of carbonyl (C=O) groups is 6. The summed E-state index contributed by atoms with van der Waals surface area (Å²) in [5, 5.41) is 40.6. The third kappa shape index (κ3) is 7.66. The molecule has 2 aliphatic carbocycles. The fourth-order valence-electron chi connectivity index (χ4n) is 7.97. The molecule has 2 aromatic carbocycles. The van der Waals surface area contributed by atoms with Crippen LogP contribution in [-0.2, 0) is 30.3 Å². The molecule has 0 spiro atoms. The predicted octanol–water partition coefficient (Wildman–Crippen LogP) is 3.29. The maximum absolute atomic E-state index is 13.9. The molecular formula is C42H48N4O11. The number of hydrogen-bond acceptors (Lipinski definition) is 12. The van der Waals surface area contributed by atoms with Gasteiger partial charge in [-0.1, -0.05) is 38.1 Å². The number of fused-ring (bicyclic) bond motifs is 3. The number of benzene rings is 2. The molecule has 0 radical (unpaired) electrons. The van der Waals surface area contributed by atoms with Crippen molar-refractivity contribution in [3.8, 4) is 11.5 Å². The van der Waals surface area contributed by atoms with Gasteiger partial charge in [0.15, 0.2) is 23.6 Å². The van der Waals surface area contributed by atoms with Gasteiger partial charge in [-0.15, -0.1) is 0 Å². The number of ketones is 3. The summed E-state index contributed by atoms with van der Waals surface area (Å²) in [4.78, 5) is 85.8. The summed E-state index contributed by atoms with van der Waals surface area (Å²) in [7, 11) is 0. The largest absolute Gasteiger partial charge is 0.507 e. The van der Waals surface area contributed by atoms with Crippen LogP contribution < -0.4 is 10.6 Å². The lowest BCUT2D eigenvalue weighted by molar-refractivity contribution is -0.238. The molecular weight excluding hydrogens is 736 g/mol. The van der Waals surface area contributed by atoms with Crippen molar-refractivity contribution in [2.24, 2.45) is 5.92 Å². The molecule has 1 saturated heterocycles. The van der Waals surface area contributed by atoms with E-state index in [1.807, 2.05) is 13.8 Å². The second kappa shape index (κ2) is 16.2. The number of aromatic nitrogens is 1. The summed E-state index contributed by atoms with van der Waals surface area (Å²) in [5.74, 6) is -4.88. The van der Waals surface area contributed by atoms with Crippen molar-refractivity contribution in [3.05, 3.63) is 87.7 Å².